The molecule has 78 valence electrons. The fourth-order valence-electron chi connectivity index (χ4n) is 1.34. The molecule has 0 aromatic rings. The van der Waals surface area contributed by atoms with Crippen LogP contribution >= 0.6 is 0 Å². The molecular weight excluding hydrogens is 168 g/mol. The van der Waals surface area contributed by atoms with Crippen LogP contribution in [0.3, 0.4) is 0 Å². The quantitative estimate of drug-likeness (QED) is 0.315. The van der Waals surface area contributed by atoms with Crippen LogP contribution in [-0.2, 0) is 0 Å². The van der Waals surface area contributed by atoms with Crippen LogP contribution in [0.25, 0.3) is 0 Å². The monoisotopic (exact) mass is 190 g/mol. The maximum Gasteiger partial charge on any atom is -0.00896 e. The van der Waals surface area contributed by atoms with Crippen molar-refractivity contribution in [2.24, 2.45) is 0 Å². The van der Waals surface area contributed by atoms with Crippen molar-refractivity contribution in [1.82, 2.24) is 0 Å². The lowest BCUT2D eigenvalue weighted by molar-refractivity contribution is 0.668. The molecule has 0 spiro atoms. The lowest BCUT2D eigenvalue weighted by Gasteiger charge is -2.00. The molecule has 0 saturated carbocycles. The Kier molecular flexibility index (Phi) is 9.43. The van der Waals surface area contributed by atoms with E-state index >= 15 is 0 Å². The van der Waals surface area contributed by atoms with Gasteiger partial charge in [0.25, 0.3) is 0 Å². The fourth-order valence-corrected chi connectivity index (χ4v) is 1.34. The van der Waals surface area contributed by atoms with Gasteiger partial charge in [0.15, 0.2) is 0 Å². The summed E-state index contributed by atoms with van der Waals surface area (Å²) in [6.45, 7) is 4.37. The summed E-state index contributed by atoms with van der Waals surface area (Å²) < 4.78 is 0. The highest BCUT2D eigenvalue weighted by molar-refractivity contribution is 5.26. The molecule has 0 radical (unpaired) electrons. The van der Waals surface area contributed by atoms with Gasteiger partial charge in [0.05, 0.1) is 0 Å². The van der Waals surface area contributed by atoms with E-state index in [1.165, 1.54) is 31.3 Å². The van der Waals surface area contributed by atoms with Gasteiger partial charge in [-0.25, -0.2) is 0 Å². The zero-order valence-corrected chi connectivity index (χ0v) is 9.55. The van der Waals surface area contributed by atoms with Crippen LogP contribution in [-0.4, -0.2) is 0 Å². The molecule has 14 heavy (non-hydrogen) atoms. The summed E-state index contributed by atoms with van der Waals surface area (Å²) in [5.41, 5.74) is 1.30. The molecule has 0 amide bonds. The molecule has 0 heteroatoms. The van der Waals surface area contributed by atoms with Gasteiger partial charge in [0, 0.05) is 0 Å². The maximum absolute atomic E-state index is 5.27. The number of rotatable bonds is 7. The lowest BCUT2D eigenvalue weighted by atomic mass is 10.1. The third-order valence-electron chi connectivity index (χ3n) is 2.16. The Morgan fingerprint density at radius 2 is 2.00 bits per heavy atom. The van der Waals surface area contributed by atoms with Crippen LogP contribution in [0, 0.1) is 12.3 Å². The molecule has 0 unspecified atom stereocenters. The minimum absolute atomic E-state index is 1.08. The van der Waals surface area contributed by atoms with E-state index in [2.05, 4.69) is 31.9 Å². The Balaban J connectivity index is 3.82. The van der Waals surface area contributed by atoms with Crippen LogP contribution in [0.15, 0.2) is 23.8 Å². The predicted octanol–water partition coefficient (Wildman–Crippen LogP) is 4.48. The van der Waals surface area contributed by atoms with Gasteiger partial charge in [0.2, 0.25) is 0 Å². The zero-order chi connectivity index (χ0) is 10.6. The largest absolute Gasteiger partial charge is 0.115 e. The standard InChI is InChI=1S/C14H22/c1-4-7-9-10-13-14(11-6-3)12-8-5-2/h3,8,11-12H,4-5,7,9-10,13H2,1-2H3/b12-8-,14-11+. The Bertz CT molecular complexity index is 213. The molecular formula is C14H22. The first-order valence-electron chi connectivity index (χ1n) is 5.66. The van der Waals surface area contributed by atoms with E-state index in [0.29, 0.717) is 0 Å². The highest BCUT2D eigenvalue weighted by Crippen LogP contribution is 2.11. The summed E-state index contributed by atoms with van der Waals surface area (Å²) in [7, 11) is 0. The molecule has 0 aromatic heterocycles. The molecule has 0 fully saturated rings. The van der Waals surface area contributed by atoms with Gasteiger partial charge in [-0.15, -0.1) is 6.42 Å². The van der Waals surface area contributed by atoms with Crippen molar-refractivity contribution in [1.29, 1.82) is 0 Å². The van der Waals surface area contributed by atoms with Gasteiger partial charge in [-0.2, -0.15) is 0 Å². The molecule has 0 aliphatic rings. The average molecular weight is 190 g/mol. The normalized spacial score (nSPS) is 11.9. The Morgan fingerprint density at radius 3 is 2.57 bits per heavy atom. The van der Waals surface area contributed by atoms with Gasteiger partial charge >= 0.3 is 0 Å². The van der Waals surface area contributed by atoms with Crippen LogP contribution in [0.4, 0.5) is 0 Å². The number of unbranched alkanes of at least 4 members (excludes halogenated alkanes) is 3. The van der Waals surface area contributed by atoms with Crippen LogP contribution in [0.5, 0.6) is 0 Å². The molecule has 0 bridgehead atoms. The second-order valence-corrected chi connectivity index (χ2v) is 3.51. The van der Waals surface area contributed by atoms with Crippen molar-refractivity contribution < 1.29 is 0 Å². The summed E-state index contributed by atoms with van der Waals surface area (Å²) in [4.78, 5) is 0. The minimum atomic E-state index is 1.08. The summed E-state index contributed by atoms with van der Waals surface area (Å²) in [5.74, 6) is 2.60. The topological polar surface area (TPSA) is 0 Å². The molecule has 0 heterocycles. The van der Waals surface area contributed by atoms with Crippen molar-refractivity contribution in [2.45, 2.75) is 52.4 Å². The van der Waals surface area contributed by atoms with E-state index in [1.807, 2.05) is 6.08 Å². The fraction of sp³-hybridized carbons (Fsp3) is 0.571. The van der Waals surface area contributed by atoms with E-state index in [-0.39, 0.29) is 0 Å². The highest BCUT2D eigenvalue weighted by atomic mass is 14.0. The predicted molar refractivity (Wildman–Crippen MR) is 65.1 cm³/mol. The van der Waals surface area contributed by atoms with Gasteiger partial charge in [-0.3, -0.25) is 0 Å². The second kappa shape index (κ2) is 10.1. The SMILES string of the molecule is C#C/C=C(\C=C/CC)CCCCCC. The average Bonchev–Trinajstić information content (AvgIpc) is 2.20. The number of hydrogen-bond donors (Lipinski definition) is 0. The summed E-state index contributed by atoms with van der Waals surface area (Å²) in [6, 6.07) is 0. The molecule has 0 atom stereocenters. The number of terminal acetylenes is 1. The molecule has 0 N–H and O–H groups in total. The Morgan fingerprint density at radius 1 is 1.21 bits per heavy atom. The maximum atomic E-state index is 5.27. The molecule has 0 aliphatic heterocycles. The third-order valence-corrected chi connectivity index (χ3v) is 2.16. The summed E-state index contributed by atoms with van der Waals surface area (Å²) in [6.07, 6.45) is 18.9. The summed E-state index contributed by atoms with van der Waals surface area (Å²) in [5, 5.41) is 0. The highest BCUT2D eigenvalue weighted by Gasteiger charge is 1.92. The van der Waals surface area contributed by atoms with Gasteiger partial charge in [-0.05, 0) is 30.9 Å². The Labute approximate surface area is 89.1 Å². The molecule has 0 aromatic carbocycles. The zero-order valence-electron chi connectivity index (χ0n) is 9.55. The van der Waals surface area contributed by atoms with Crippen molar-refractivity contribution >= 4 is 0 Å². The van der Waals surface area contributed by atoms with Gasteiger partial charge in [0.1, 0.15) is 0 Å². The van der Waals surface area contributed by atoms with Gasteiger partial charge < -0.3 is 0 Å². The Hall–Kier alpha value is -0.960. The second-order valence-electron chi connectivity index (χ2n) is 3.51. The smallest absolute Gasteiger partial charge is 0.00896 e. The van der Waals surface area contributed by atoms with E-state index < -0.39 is 0 Å². The minimum Gasteiger partial charge on any atom is -0.115 e. The summed E-state index contributed by atoms with van der Waals surface area (Å²) >= 11 is 0. The van der Waals surface area contributed by atoms with Crippen LogP contribution < -0.4 is 0 Å². The first-order valence-corrected chi connectivity index (χ1v) is 5.66. The molecule has 0 aliphatic carbocycles. The first kappa shape index (κ1) is 13.0. The van der Waals surface area contributed by atoms with Gasteiger partial charge in [-0.1, -0.05) is 51.2 Å². The van der Waals surface area contributed by atoms with Crippen molar-refractivity contribution in [3.63, 3.8) is 0 Å². The van der Waals surface area contributed by atoms with Crippen LogP contribution in [0.2, 0.25) is 0 Å². The van der Waals surface area contributed by atoms with E-state index in [4.69, 9.17) is 6.42 Å². The first-order chi connectivity index (χ1) is 6.85. The number of hydrogen-bond acceptors (Lipinski definition) is 0. The van der Waals surface area contributed by atoms with Crippen molar-refractivity contribution in [3.05, 3.63) is 23.8 Å². The molecule has 0 saturated heterocycles. The molecule has 0 rings (SSSR count). The van der Waals surface area contributed by atoms with Crippen LogP contribution in [0.1, 0.15) is 52.4 Å². The lowest BCUT2D eigenvalue weighted by Crippen LogP contribution is -1.81. The number of allylic oxidation sites excluding steroid dienone is 4. The third kappa shape index (κ3) is 7.68. The van der Waals surface area contributed by atoms with E-state index in [1.54, 1.807) is 0 Å². The molecule has 0 nitrogen and oxygen atoms in total. The van der Waals surface area contributed by atoms with E-state index in [0.717, 1.165) is 12.8 Å². The van der Waals surface area contributed by atoms with E-state index in [9.17, 15) is 0 Å². The van der Waals surface area contributed by atoms with Crippen molar-refractivity contribution in [3.8, 4) is 12.3 Å². The van der Waals surface area contributed by atoms with Crippen molar-refractivity contribution in [2.75, 3.05) is 0 Å².